The van der Waals surface area contributed by atoms with Gasteiger partial charge in [0.2, 0.25) is 0 Å². The number of fused-ring (bicyclic) bond motifs is 1. The van der Waals surface area contributed by atoms with Gasteiger partial charge in [0.15, 0.2) is 0 Å². The minimum Gasteiger partial charge on any atom is -0.492 e. The Balaban J connectivity index is 2.50. The van der Waals surface area contributed by atoms with Gasteiger partial charge in [0.1, 0.15) is 12.4 Å². The van der Waals surface area contributed by atoms with Crippen LogP contribution in [0.5, 0.6) is 5.75 Å². The van der Waals surface area contributed by atoms with E-state index in [1.54, 1.807) is 25.1 Å². The van der Waals surface area contributed by atoms with Crippen molar-refractivity contribution in [1.82, 2.24) is 4.98 Å². The van der Waals surface area contributed by atoms with E-state index in [4.69, 9.17) is 21.4 Å². The van der Waals surface area contributed by atoms with Gasteiger partial charge in [0, 0.05) is 16.6 Å². The number of aryl methyl sites for hydroxylation is 1. The van der Waals surface area contributed by atoms with E-state index in [9.17, 15) is 4.79 Å². The molecule has 0 aliphatic carbocycles. The standard InChI is InChI=1S/C12H12ClNO3/c1-7-11(12(15)16)9-6-8(17-5-4-13)2-3-10(9)14-7/h2-3,6,14H,4-5H2,1H3,(H,15,16). The smallest absolute Gasteiger partial charge is 0.338 e. The highest BCUT2D eigenvalue weighted by Gasteiger charge is 2.15. The Morgan fingerprint density at radius 3 is 2.94 bits per heavy atom. The summed E-state index contributed by atoms with van der Waals surface area (Å²) in [5.74, 6) is 0.0820. The quantitative estimate of drug-likeness (QED) is 0.824. The zero-order chi connectivity index (χ0) is 12.4. The molecule has 2 rings (SSSR count). The maximum absolute atomic E-state index is 11.1. The molecule has 4 nitrogen and oxygen atoms in total. The van der Waals surface area contributed by atoms with Gasteiger partial charge in [-0.3, -0.25) is 0 Å². The Hall–Kier alpha value is -1.68. The summed E-state index contributed by atoms with van der Waals surface area (Å²) >= 11 is 5.53. The van der Waals surface area contributed by atoms with Gasteiger partial charge in [0.05, 0.1) is 11.4 Å². The normalized spacial score (nSPS) is 10.7. The molecule has 0 amide bonds. The number of alkyl halides is 1. The van der Waals surface area contributed by atoms with Crippen molar-refractivity contribution in [3.63, 3.8) is 0 Å². The molecule has 0 spiro atoms. The van der Waals surface area contributed by atoms with Crippen LogP contribution in [0, 0.1) is 6.92 Å². The second-order valence-corrected chi connectivity index (χ2v) is 4.05. The number of aromatic nitrogens is 1. The van der Waals surface area contributed by atoms with Gasteiger partial charge in [-0.1, -0.05) is 0 Å². The van der Waals surface area contributed by atoms with E-state index in [1.165, 1.54) is 0 Å². The maximum atomic E-state index is 11.1. The van der Waals surface area contributed by atoms with Crippen LogP contribution in [0.25, 0.3) is 10.9 Å². The van der Waals surface area contributed by atoms with E-state index in [0.29, 0.717) is 29.3 Å². The van der Waals surface area contributed by atoms with E-state index >= 15 is 0 Å². The molecule has 0 radical (unpaired) electrons. The molecule has 17 heavy (non-hydrogen) atoms. The molecular formula is C12H12ClNO3. The highest BCUT2D eigenvalue weighted by molar-refractivity contribution is 6.18. The highest BCUT2D eigenvalue weighted by atomic mass is 35.5. The average molecular weight is 254 g/mol. The predicted molar refractivity (Wildman–Crippen MR) is 66.2 cm³/mol. The summed E-state index contributed by atoms with van der Waals surface area (Å²) in [6.45, 7) is 2.14. The van der Waals surface area contributed by atoms with Gasteiger partial charge < -0.3 is 14.8 Å². The topological polar surface area (TPSA) is 62.3 Å². The molecule has 0 atom stereocenters. The van der Waals surface area contributed by atoms with Crippen molar-refractivity contribution < 1.29 is 14.6 Å². The maximum Gasteiger partial charge on any atom is 0.338 e. The number of carbonyl (C=O) groups is 1. The van der Waals surface area contributed by atoms with Crippen LogP contribution >= 0.6 is 11.6 Å². The molecule has 2 aromatic rings. The number of hydrogen-bond acceptors (Lipinski definition) is 2. The van der Waals surface area contributed by atoms with Crippen molar-refractivity contribution in [2.75, 3.05) is 12.5 Å². The lowest BCUT2D eigenvalue weighted by Crippen LogP contribution is -1.99. The number of halogens is 1. The van der Waals surface area contributed by atoms with E-state index < -0.39 is 5.97 Å². The van der Waals surface area contributed by atoms with Crippen molar-refractivity contribution in [2.24, 2.45) is 0 Å². The zero-order valence-corrected chi connectivity index (χ0v) is 10.0. The van der Waals surface area contributed by atoms with Crippen LogP contribution in [0.4, 0.5) is 0 Å². The monoisotopic (exact) mass is 253 g/mol. The van der Waals surface area contributed by atoms with Crippen LogP contribution in [0.2, 0.25) is 0 Å². The second kappa shape index (κ2) is 4.67. The van der Waals surface area contributed by atoms with E-state index in [-0.39, 0.29) is 5.56 Å². The summed E-state index contributed by atoms with van der Waals surface area (Å²) in [7, 11) is 0. The SMILES string of the molecule is Cc1[nH]c2ccc(OCCCl)cc2c1C(=O)O. The van der Waals surface area contributed by atoms with Crippen molar-refractivity contribution in [3.8, 4) is 5.75 Å². The Morgan fingerprint density at radius 1 is 1.53 bits per heavy atom. The third-order valence-corrected chi connectivity index (χ3v) is 2.67. The summed E-state index contributed by atoms with van der Waals surface area (Å²) in [6, 6.07) is 5.31. The highest BCUT2D eigenvalue weighted by Crippen LogP contribution is 2.26. The van der Waals surface area contributed by atoms with Gasteiger partial charge in [-0.15, -0.1) is 11.6 Å². The number of H-pyrrole nitrogens is 1. The van der Waals surface area contributed by atoms with Crippen LogP contribution in [-0.2, 0) is 0 Å². The second-order valence-electron chi connectivity index (χ2n) is 3.67. The molecule has 0 fully saturated rings. The van der Waals surface area contributed by atoms with Crippen LogP contribution in [0.1, 0.15) is 16.1 Å². The fourth-order valence-corrected chi connectivity index (χ4v) is 1.90. The lowest BCUT2D eigenvalue weighted by molar-refractivity contribution is 0.0698. The number of ether oxygens (including phenoxy) is 1. The molecule has 0 aliphatic rings. The molecular weight excluding hydrogens is 242 g/mol. The Kier molecular flexibility index (Phi) is 3.24. The number of nitrogens with one attached hydrogen (secondary N) is 1. The first-order valence-corrected chi connectivity index (χ1v) is 5.71. The summed E-state index contributed by atoms with van der Waals surface area (Å²) in [5.41, 5.74) is 1.72. The van der Waals surface area contributed by atoms with Crippen molar-refractivity contribution in [3.05, 3.63) is 29.5 Å². The van der Waals surface area contributed by atoms with Crippen molar-refractivity contribution >= 4 is 28.5 Å². The number of carboxylic acids is 1. The number of carboxylic acid groups (broad SMARTS) is 1. The molecule has 2 N–H and O–H groups in total. The fraction of sp³-hybridized carbons (Fsp3) is 0.250. The zero-order valence-electron chi connectivity index (χ0n) is 9.29. The summed E-state index contributed by atoms with van der Waals surface area (Å²) in [5, 5.41) is 9.79. The molecule has 1 aromatic carbocycles. The van der Waals surface area contributed by atoms with E-state index in [2.05, 4.69) is 4.98 Å². The average Bonchev–Trinajstić information content (AvgIpc) is 2.61. The molecule has 0 bridgehead atoms. The Labute approximate surface area is 103 Å². The molecule has 1 heterocycles. The lowest BCUT2D eigenvalue weighted by atomic mass is 10.1. The van der Waals surface area contributed by atoms with E-state index in [1.807, 2.05) is 0 Å². The predicted octanol–water partition coefficient (Wildman–Crippen LogP) is 2.79. The largest absolute Gasteiger partial charge is 0.492 e. The number of rotatable bonds is 4. The van der Waals surface area contributed by atoms with Crippen molar-refractivity contribution in [1.29, 1.82) is 0 Å². The summed E-state index contributed by atoms with van der Waals surface area (Å²) < 4.78 is 5.37. The minimum absolute atomic E-state index is 0.288. The van der Waals surface area contributed by atoms with Crippen LogP contribution in [-0.4, -0.2) is 28.5 Å². The van der Waals surface area contributed by atoms with Crippen molar-refractivity contribution in [2.45, 2.75) is 6.92 Å². The third kappa shape index (κ3) is 2.22. The third-order valence-electron chi connectivity index (χ3n) is 2.52. The molecule has 1 aromatic heterocycles. The van der Waals surface area contributed by atoms with Gasteiger partial charge >= 0.3 is 5.97 Å². The Morgan fingerprint density at radius 2 is 2.29 bits per heavy atom. The molecule has 5 heteroatoms. The molecule has 0 aliphatic heterocycles. The van der Waals surface area contributed by atoms with Gasteiger partial charge in [-0.25, -0.2) is 4.79 Å². The summed E-state index contributed by atoms with van der Waals surface area (Å²) in [6.07, 6.45) is 0. The number of benzene rings is 1. The number of aromatic carboxylic acids is 1. The van der Waals surface area contributed by atoms with Crippen LogP contribution in [0.15, 0.2) is 18.2 Å². The molecule has 0 unspecified atom stereocenters. The summed E-state index contributed by atoms with van der Waals surface area (Å²) in [4.78, 5) is 14.2. The first-order valence-electron chi connectivity index (χ1n) is 5.18. The van der Waals surface area contributed by atoms with E-state index in [0.717, 1.165) is 5.52 Å². The van der Waals surface area contributed by atoms with Gasteiger partial charge in [0.25, 0.3) is 0 Å². The van der Waals surface area contributed by atoms with Crippen LogP contribution in [0.3, 0.4) is 0 Å². The van der Waals surface area contributed by atoms with Gasteiger partial charge in [-0.05, 0) is 25.1 Å². The fourth-order valence-electron chi connectivity index (χ4n) is 1.83. The first-order chi connectivity index (χ1) is 8.13. The lowest BCUT2D eigenvalue weighted by Gasteiger charge is -2.03. The molecule has 0 saturated carbocycles. The number of aromatic amines is 1. The Bertz CT molecular complexity index is 562. The number of hydrogen-bond donors (Lipinski definition) is 2. The van der Waals surface area contributed by atoms with Crippen LogP contribution < -0.4 is 4.74 Å². The van der Waals surface area contributed by atoms with Gasteiger partial charge in [-0.2, -0.15) is 0 Å². The first kappa shape index (κ1) is 11.8. The molecule has 90 valence electrons. The molecule has 0 saturated heterocycles. The minimum atomic E-state index is -0.941.